The molecular formula is C7H13Cl3P+. The second kappa shape index (κ2) is 4.51. The number of hydrogen-bond donors (Lipinski definition) is 0. The molecule has 0 amide bonds. The van der Waals surface area contributed by atoms with Crippen molar-refractivity contribution in [1.82, 2.24) is 0 Å². The van der Waals surface area contributed by atoms with E-state index in [1.807, 2.05) is 0 Å². The summed E-state index contributed by atoms with van der Waals surface area (Å²) in [5.41, 5.74) is 0. The maximum Gasteiger partial charge on any atom is 0.308 e. The van der Waals surface area contributed by atoms with E-state index in [1.165, 1.54) is 32.1 Å². The molecule has 0 N–H and O–H groups in total. The van der Waals surface area contributed by atoms with E-state index in [9.17, 15) is 0 Å². The van der Waals surface area contributed by atoms with Crippen LogP contribution in [-0.4, -0.2) is 6.16 Å². The molecule has 0 aromatic heterocycles. The molecule has 66 valence electrons. The van der Waals surface area contributed by atoms with E-state index in [-0.39, 0.29) is 0 Å². The van der Waals surface area contributed by atoms with Crippen LogP contribution in [0.15, 0.2) is 0 Å². The maximum atomic E-state index is 5.81. The highest BCUT2D eigenvalue weighted by atomic mass is 36.1. The second-order valence-corrected chi connectivity index (χ2v) is 11.5. The zero-order valence-electron chi connectivity index (χ0n) is 6.40. The van der Waals surface area contributed by atoms with Crippen LogP contribution in [0.3, 0.4) is 0 Å². The van der Waals surface area contributed by atoms with Gasteiger partial charge in [-0.3, -0.25) is 0 Å². The van der Waals surface area contributed by atoms with Crippen LogP contribution < -0.4 is 0 Å². The van der Waals surface area contributed by atoms with Gasteiger partial charge in [-0.15, -0.1) is 0 Å². The molecular weight excluding hydrogens is 221 g/mol. The zero-order valence-corrected chi connectivity index (χ0v) is 9.56. The van der Waals surface area contributed by atoms with Gasteiger partial charge in [0.15, 0.2) is 0 Å². The summed E-state index contributed by atoms with van der Waals surface area (Å²) in [4.78, 5) is 0. The SMILES string of the molecule is Cl[P+](Cl)(Cl)CC1CCCCC1. The molecule has 1 aliphatic rings. The third-order valence-electron chi connectivity index (χ3n) is 2.19. The fourth-order valence-corrected chi connectivity index (χ4v) is 4.37. The average molecular weight is 235 g/mol. The molecule has 0 aromatic rings. The Morgan fingerprint density at radius 2 is 1.55 bits per heavy atom. The number of hydrogen-bond acceptors (Lipinski definition) is 0. The topological polar surface area (TPSA) is 0 Å². The Bertz CT molecular complexity index is 115. The molecule has 1 aliphatic carbocycles. The van der Waals surface area contributed by atoms with Crippen LogP contribution in [0.1, 0.15) is 32.1 Å². The molecule has 0 saturated heterocycles. The quantitative estimate of drug-likeness (QED) is 0.587. The van der Waals surface area contributed by atoms with E-state index >= 15 is 0 Å². The maximum absolute atomic E-state index is 5.81. The van der Waals surface area contributed by atoms with Gasteiger partial charge >= 0.3 is 5.32 Å². The number of rotatable bonds is 2. The van der Waals surface area contributed by atoms with Crippen molar-refractivity contribution < 1.29 is 0 Å². The second-order valence-electron chi connectivity index (χ2n) is 3.24. The smallest absolute Gasteiger partial charge is 0.0533 e. The van der Waals surface area contributed by atoms with Crippen LogP contribution in [0.2, 0.25) is 0 Å². The first-order valence-electron chi connectivity index (χ1n) is 4.05. The number of halogens is 3. The third kappa shape index (κ3) is 4.78. The predicted molar refractivity (Wildman–Crippen MR) is 55.9 cm³/mol. The Balaban J connectivity index is 2.24. The Hall–Kier alpha value is 1.30. The summed E-state index contributed by atoms with van der Waals surface area (Å²) in [6, 6.07) is 0. The largest absolute Gasteiger partial charge is 0.308 e. The lowest BCUT2D eigenvalue weighted by molar-refractivity contribution is 0.390. The van der Waals surface area contributed by atoms with Crippen LogP contribution in [0.5, 0.6) is 0 Å². The molecule has 1 saturated carbocycles. The third-order valence-corrected chi connectivity index (χ3v) is 4.36. The fraction of sp³-hybridized carbons (Fsp3) is 1.00. The molecule has 0 spiro atoms. The van der Waals surface area contributed by atoms with Gasteiger partial charge in [-0.25, -0.2) is 0 Å². The molecule has 4 heteroatoms. The molecule has 0 bridgehead atoms. The molecule has 0 unspecified atom stereocenters. The summed E-state index contributed by atoms with van der Waals surface area (Å²) >= 11 is 17.4. The summed E-state index contributed by atoms with van der Waals surface area (Å²) in [6.07, 6.45) is 7.42. The lowest BCUT2D eigenvalue weighted by Gasteiger charge is -2.19. The van der Waals surface area contributed by atoms with Crippen LogP contribution in [0.25, 0.3) is 0 Å². The van der Waals surface area contributed by atoms with Gasteiger partial charge in [0.05, 0.1) is 0 Å². The van der Waals surface area contributed by atoms with Crippen molar-refractivity contribution in [2.24, 2.45) is 5.92 Å². The lowest BCUT2D eigenvalue weighted by atomic mass is 9.91. The van der Waals surface area contributed by atoms with E-state index in [0.717, 1.165) is 6.16 Å². The van der Waals surface area contributed by atoms with Crippen molar-refractivity contribution in [3.63, 3.8) is 0 Å². The van der Waals surface area contributed by atoms with Gasteiger partial charge < -0.3 is 0 Å². The van der Waals surface area contributed by atoms with Crippen LogP contribution in [0.4, 0.5) is 0 Å². The first-order chi connectivity index (χ1) is 5.08. The van der Waals surface area contributed by atoms with E-state index < -0.39 is 5.32 Å². The minimum Gasteiger partial charge on any atom is -0.0533 e. The zero-order chi connectivity index (χ0) is 8.32. The molecule has 11 heavy (non-hydrogen) atoms. The van der Waals surface area contributed by atoms with Crippen molar-refractivity contribution in [3.05, 3.63) is 0 Å². The minimum absolute atomic E-state index is 0.699. The fourth-order valence-electron chi connectivity index (χ4n) is 1.66. The van der Waals surface area contributed by atoms with Crippen molar-refractivity contribution in [2.75, 3.05) is 6.16 Å². The van der Waals surface area contributed by atoms with Gasteiger partial charge in [0.2, 0.25) is 0 Å². The van der Waals surface area contributed by atoms with Crippen molar-refractivity contribution in [1.29, 1.82) is 0 Å². The van der Waals surface area contributed by atoms with Crippen molar-refractivity contribution in [2.45, 2.75) is 32.1 Å². The highest BCUT2D eigenvalue weighted by molar-refractivity contribution is 8.32. The normalized spacial score (nSPS) is 22.1. The van der Waals surface area contributed by atoms with Crippen LogP contribution in [-0.2, 0) is 0 Å². The molecule has 0 radical (unpaired) electrons. The minimum atomic E-state index is -2.07. The van der Waals surface area contributed by atoms with Crippen LogP contribution in [0, 0.1) is 5.92 Å². The molecule has 0 atom stereocenters. The summed E-state index contributed by atoms with van der Waals surface area (Å²) in [5.74, 6) is 0.699. The molecule has 1 fully saturated rings. The van der Waals surface area contributed by atoms with E-state index in [1.54, 1.807) is 0 Å². The van der Waals surface area contributed by atoms with E-state index in [0.29, 0.717) is 5.92 Å². The van der Waals surface area contributed by atoms with Gasteiger partial charge in [0.25, 0.3) is 0 Å². The first-order valence-corrected chi connectivity index (χ1v) is 8.74. The first kappa shape index (κ1) is 10.4. The van der Waals surface area contributed by atoms with Gasteiger partial charge in [0, 0.05) is 0 Å². The summed E-state index contributed by atoms with van der Waals surface area (Å²) in [5, 5.41) is -2.07. The monoisotopic (exact) mass is 233 g/mol. The Kier molecular flexibility index (Phi) is 4.26. The van der Waals surface area contributed by atoms with Gasteiger partial charge in [-0.2, -0.15) is 0 Å². The highest BCUT2D eigenvalue weighted by Crippen LogP contribution is 2.75. The van der Waals surface area contributed by atoms with Gasteiger partial charge in [0.1, 0.15) is 39.9 Å². The summed E-state index contributed by atoms with van der Waals surface area (Å²) in [6.45, 7) is 0. The van der Waals surface area contributed by atoms with Gasteiger partial charge in [-0.1, -0.05) is 19.3 Å². The summed E-state index contributed by atoms with van der Waals surface area (Å²) < 4.78 is 0. The molecule has 0 heterocycles. The molecule has 0 aliphatic heterocycles. The Morgan fingerprint density at radius 3 is 2.00 bits per heavy atom. The lowest BCUT2D eigenvalue weighted by Crippen LogP contribution is -2.09. The molecule has 0 nitrogen and oxygen atoms in total. The predicted octanol–water partition coefficient (Wildman–Crippen LogP) is 5.05. The highest BCUT2D eigenvalue weighted by Gasteiger charge is 2.36. The Labute approximate surface area is 83.3 Å². The average Bonchev–Trinajstić information content (AvgIpc) is 1.85. The van der Waals surface area contributed by atoms with Crippen molar-refractivity contribution >= 4 is 39.0 Å². The summed E-state index contributed by atoms with van der Waals surface area (Å²) in [7, 11) is 0. The molecule has 1 rings (SSSR count). The standard InChI is InChI=1S/C7H13Cl3P/c8-11(9,10)6-7-4-2-1-3-5-7/h7H,1-6H2/q+1. The Morgan fingerprint density at radius 1 is 1.00 bits per heavy atom. The van der Waals surface area contributed by atoms with Crippen LogP contribution >= 0.6 is 39.0 Å². The van der Waals surface area contributed by atoms with Gasteiger partial charge in [-0.05, 0) is 18.8 Å². The molecule has 0 aromatic carbocycles. The van der Waals surface area contributed by atoms with Crippen molar-refractivity contribution in [3.8, 4) is 0 Å². The van der Waals surface area contributed by atoms with E-state index in [4.69, 9.17) is 33.7 Å². The van der Waals surface area contributed by atoms with E-state index in [2.05, 4.69) is 0 Å².